The van der Waals surface area contributed by atoms with Crippen LogP contribution < -0.4 is 16.6 Å². The second-order valence-electron chi connectivity index (χ2n) is 3.62. The van der Waals surface area contributed by atoms with Crippen LogP contribution in [0.5, 0.6) is 0 Å². The average molecular weight is 286 g/mol. The number of nitrogens with one attached hydrogen (secondary N) is 2. The zero-order valence-electron chi connectivity index (χ0n) is 9.62. The van der Waals surface area contributed by atoms with Crippen LogP contribution in [0.2, 0.25) is 5.02 Å². The van der Waals surface area contributed by atoms with Crippen molar-refractivity contribution in [2.24, 2.45) is 5.84 Å². The van der Waals surface area contributed by atoms with E-state index in [1.54, 1.807) is 0 Å². The summed E-state index contributed by atoms with van der Waals surface area (Å²) in [6.45, 7) is 0.0321. The summed E-state index contributed by atoms with van der Waals surface area (Å²) in [5.74, 6) is 4.56. The molecule has 0 saturated carbocycles. The highest BCUT2D eigenvalue weighted by Crippen LogP contribution is 2.20. The van der Waals surface area contributed by atoms with Crippen molar-refractivity contribution in [1.29, 1.82) is 0 Å². The first-order chi connectivity index (χ1) is 9.10. The fourth-order valence-electron chi connectivity index (χ4n) is 1.42. The van der Waals surface area contributed by atoms with Gasteiger partial charge in [0.25, 0.3) is 0 Å². The summed E-state index contributed by atoms with van der Waals surface area (Å²) in [4.78, 5) is 7.74. The number of nitrogen functional groups attached to an aromatic ring is 1. The lowest BCUT2D eigenvalue weighted by molar-refractivity contribution is 0.587. The molecule has 4 N–H and O–H groups in total. The number of hydrogen-bond donors (Lipinski definition) is 3. The second kappa shape index (κ2) is 5.77. The summed E-state index contributed by atoms with van der Waals surface area (Å²) in [5, 5.41) is 3.03. The standard InChI is InChI=1S/C11H10ClF2N5/c12-8-5-17-11(19-15)18-10(8)16-4-6-3-7(13)1-2-9(6)14/h1-3,5H,4,15H2,(H2,16,17,18,19). The van der Waals surface area contributed by atoms with Crippen molar-refractivity contribution in [1.82, 2.24) is 9.97 Å². The third-order valence-electron chi connectivity index (χ3n) is 2.33. The van der Waals surface area contributed by atoms with Gasteiger partial charge in [-0.1, -0.05) is 11.6 Å². The fourth-order valence-corrected chi connectivity index (χ4v) is 1.58. The van der Waals surface area contributed by atoms with Crippen molar-refractivity contribution in [2.45, 2.75) is 6.54 Å². The van der Waals surface area contributed by atoms with Gasteiger partial charge in [0.1, 0.15) is 16.7 Å². The molecule has 5 nitrogen and oxygen atoms in total. The molecule has 0 radical (unpaired) electrons. The molecule has 1 aromatic heterocycles. The molecule has 8 heteroatoms. The fraction of sp³-hybridized carbons (Fsp3) is 0.0909. The van der Waals surface area contributed by atoms with E-state index in [-0.39, 0.29) is 28.9 Å². The van der Waals surface area contributed by atoms with Gasteiger partial charge in [-0.25, -0.2) is 19.6 Å². The normalized spacial score (nSPS) is 10.3. The van der Waals surface area contributed by atoms with Crippen LogP contribution in [0.15, 0.2) is 24.4 Å². The molecule has 0 saturated heterocycles. The lowest BCUT2D eigenvalue weighted by atomic mass is 10.2. The van der Waals surface area contributed by atoms with E-state index in [9.17, 15) is 8.78 Å². The maximum Gasteiger partial charge on any atom is 0.239 e. The zero-order valence-corrected chi connectivity index (χ0v) is 10.4. The minimum Gasteiger partial charge on any atom is -0.364 e. The smallest absolute Gasteiger partial charge is 0.239 e. The Bertz CT molecular complexity index is 593. The van der Waals surface area contributed by atoms with Crippen LogP contribution in [0.4, 0.5) is 20.5 Å². The number of nitrogens with two attached hydrogens (primary N) is 1. The van der Waals surface area contributed by atoms with E-state index in [4.69, 9.17) is 17.4 Å². The van der Waals surface area contributed by atoms with Crippen molar-refractivity contribution >= 4 is 23.4 Å². The predicted molar refractivity (Wildman–Crippen MR) is 68.5 cm³/mol. The molecular formula is C11H10ClF2N5. The number of hydrazine groups is 1. The SMILES string of the molecule is NNc1ncc(Cl)c(NCc2cc(F)ccc2F)n1. The number of rotatable bonds is 4. The topological polar surface area (TPSA) is 75.9 Å². The first kappa shape index (κ1) is 13.4. The van der Waals surface area contributed by atoms with Crippen LogP contribution in [-0.2, 0) is 6.54 Å². The highest BCUT2D eigenvalue weighted by molar-refractivity contribution is 6.32. The molecule has 2 aromatic rings. The number of hydrogen-bond acceptors (Lipinski definition) is 5. The van der Waals surface area contributed by atoms with Crippen molar-refractivity contribution in [3.05, 3.63) is 46.6 Å². The Kier molecular flexibility index (Phi) is 4.08. The van der Waals surface area contributed by atoms with Crippen LogP contribution >= 0.6 is 11.6 Å². The van der Waals surface area contributed by atoms with Gasteiger partial charge in [-0.15, -0.1) is 0 Å². The van der Waals surface area contributed by atoms with E-state index in [1.807, 2.05) is 0 Å². The number of anilines is 2. The first-order valence-corrected chi connectivity index (χ1v) is 5.65. The molecule has 19 heavy (non-hydrogen) atoms. The molecule has 0 bridgehead atoms. The lowest BCUT2D eigenvalue weighted by Crippen LogP contribution is -2.12. The third-order valence-corrected chi connectivity index (χ3v) is 2.60. The Morgan fingerprint density at radius 2 is 2.11 bits per heavy atom. The molecule has 0 fully saturated rings. The molecule has 0 aliphatic carbocycles. The van der Waals surface area contributed by atoms with Crippen LogP contribution in [0.25, 0.3) is 0 Å². The van der Waals surface area contributed by atoms with E-state index in [0.29, 0.717) is 0 Å². The van der Waals surface area contributed by atoms with Crippen LogP contribution in [0.3, 0.4) is 0 Å². The van der Waals surface area contributed by atoms with Gasteiger partial charge in [-0.3, -0.25) is 5.43 Å². The molecule has 0 atom stereocenters. The van der Waals surface area contributed by atoms with Gasteiger partial charge >= 0.3 is 0 Å². The Morgan fingerprint density at radius 3 is 2.84 bits per heavy atom. The molecule has 100 valence electrons. The molecule has 0 unspecified atom stereocenters. The molecule has 1 aromatic carbocycles. The molecule has 0 amide bonds. The van der Waals surface area contributed by atoms with E-state index in [2.05, 4.69) is 20.7 Å². The number of halogens is 3. The predicted octanol–water partition coefficient (Wildman–Crippen LogP) is 2.31. The third kappa shape index (κ3) is 3.27. The van der Waals surface area contributed by atoms with E-state index in [1.165, 1.54) is 6.20 Å². The Morgan fingerprint density at radius 1 is 1.32 bits per heavy atom. The second-order valence-corrected chi connectivity index (χ2v) is 4.03. The first-order valence-electron chi connectivity index (χ1n) is 5.27. The highest BCUT2D eigenvalue weighted by Gasteiger charge is 2.07. The van der Waals surface area contributed by atoms with Gasteiger partial charge < -0.3 is 5.32 Å². The van der Waals surface area contributed by atoms with Gasteiger partial charge in [0.2, 0.25) is 5.95 Å². The average Bonchev–Trinajstić information content (AvgIpc) is 2.41. The molecule has 0 aliphatic rings. The lowest BCUT2D eigenvalue weighted by Gasteiger charge is -2.09. The highest BCUT2D eigenvalue weighted by atomic mass is 35.5. The van der Waals surface area contributed by atoms with E-state index >= 15 is 0 Å². The number of nitrogens with zero attached hydrogens (tertiary/aromatic N) is 2. The summed E-state index contributed by atoms with van der Waals surface area (Å²) >= 11 is 5.87. The summed E-state index contributed by atoms with van der Waals surface area (Å²) in [7, 11) is 0. The van der Waals surface area contributed by atoms with Crippen LogP contribution in [0.1, 0.15) is 5.56 Å². The van der Waals surface area contributed by atoms with Crippen molar-refractivity contribution in [2.75, 3.05) is 10.7 Å². The molecule has 1 heterocycles. The minimum atomic E-state index is -0.517. The summed E-state index contributed by atoms with van der Waals surface area (Å²) < 4.78 is 26.4. The summed E-state index contributed by atoms with van der Waals surface area (Å²) in [6, 6.07) is 3.20. The minimum absolute atomic E-state index is 0.0321. The monoisotopic (exact) mass is 285 g/mol. The zero-order chi connectivity index (χ0) is 13.8. The van der Waals surface area contributed by atoms with Crippen LogP contribution in [0, 0.1) is 11.6 Å². The van der Waals surface area contributed by atoms with Gasteiger partial charge in [-0.2, -0.15) is 4.98 Å². The van der Waals surface area contributed by atoms with Gasteiger partial charge in [0.15, 0.2) is 5.82 Å². The summed E-state index contributed by atoms with van der Waals surface area (Å²) in [6.07, 6.45) is 1.34. The van der Waals surface area contributed by atoms with E-state index in [0.717, 1.165) is 18.2 Å². The Labute approximate surface area is 112 Å². The van der Waals surface area contributed by atoms with Crippen molar-refractivity contribution in [3.8, 4) is 0 Å². The van der Waals surface area contributed by atoms with Crippen LogP contribution in [-0.4, -0.2) is 9.97 Å². The number of aromatic nitrogens is 2. The van der Waals surface area contributed by atoms with Crippen molar-refractivity contribution in [3.63, 3.8) is 0 Å². The molecule has 2 rings (SSSR count). The van der Waals surface area contributed by atoms with Gasteiger partial charge in [0.05, 0.1) is 6.20 Å². The quantitative estimate of drug-likeness (QED) is 0.594. The molecule has 0 aliphatic heterocycles. The molecule has 0 spiro atoms. The molecular weight excluding hydrogens is 276 g/mol. The largest absolute Gasteiger partial charge is 0.364 e. The maximum absolute atomic E-state index is 13.4. The summed E-state index contributed by atoms with van der Waals surface area (Å²) in [5.41, 5.74) is 2.42. The Balaban J connectivity index is 2.16. The van der Waals surface area contributed by atoms with Gasteiger partial charge in [-0.05, 0) is 18.2 Å². The maximum atomic E-state index is 13.4. The van der Waals surface area contributed by atoms with Crippen molar-refractivity contribution < 1.29 is 8.78 Å². The number of benzene rings is 1. The van der Waals surface area contributed by atoms with Gasteiger partial charge in [0, 0.05) is 12.1 Å². The Hall–Kier alpha value is -1.99. The van der Waals surface area contributed by atoms with E-state index < -0.39 is 11.6 Å².